The number of aromatic nitrogens is 2. The van der Waals surface area contributed by atoms with Crippen LogP contribution in [0, 0.1) is 0 Å². The lowest BCUT2D eigenvalue weighted by molar-refractivity contribution is 0.0378. The molecule has 150 valence electrons. The Balaban J connectivity index is 1.70. The number of anilines is 1. The molecule has 0 saturated heterocycles. The number of carbonyl (C=O) groups is 2. The molecule has 3 heterocycles. The Labute approximate surface area is 175 Å². The van der Waals surface area contributed by atoms with Crippen LogP contribution in [0.1, 0.15) is 34.7 Å². The smallest absolute Gasteiger partial charge is 0.338 e. The lowest BCUT2D eigenvalue weighted by Gasteiger charge is -2.31. The van der Waals surface area contributed by atoms with E-state index in [9.17, 15) is 9.59 Å². The fraction of sp³-hybridized carbons (Fsp3) is 0.263. The van der Waals surface area contributed by atoms with Gasteiger partial charge in [0.25, 0.3) is 5.91 Å². The van der Waals surface area contributed by atoms with Crippen LogP contribution in [0.15, 0.2) is 30.5 Å². The van der Waals surface area contributed by atoms with Crippen molar-refractivity contribution in [3.63, 3.8) is 0 Å². The quantitative estimate of drug-likeness (QED) is 0.499. The number of benzene rings is 1. The average molecular weight is 431 g/mol. The predicted octanol–water partition coefficient (Wildman–Crippen LogP) is 3.52. The van der Waals surface area contributed by atoms with Gasteiger partial charge in [0.05, 0.1) is 29.0 Å². The number of esters is 1. The number of thiazole rings is 1. The monoisotopic (exact) mass is 431 g/mol. The maximum atomic E-state index is 13.0. The van der Waals surface area contributed by atoms with Crippen LogP contribution in [-0.4, -0.2) is 40.6 Å². The molecule has 1 aliphatic rings. The van der Waals surface area contributed by atoms with E-state index in [4.69, 9.17) is 14.2 Å². The highest BCUT2D eigenvalue weighted by atomic mass is 32.1. The van der Waals surface area contributed by atoms with Crippen LogP contribution in [0.25, 0.3) is 10.2 Å². The van der Waals surface area contributed by atoms with Gasteiger partial charge in [0, 0.05) is 12.3 Å². The van der Waals surface area contributed by atoms with E-state index in [1.807, 2.05) is 0 Å². The van der Waals surface area contributed by atoms with Gasteiger partial charge < -0.3 is 14.2 Å². The molecule has 0 aliphatic carbocycles. The first kappa shape index (κ1) is 19.5. The van der Waals surface area contributed by atoms with Gasteiger partial charge in [0.1, 0.15) is 0 Å². The van der Waals surface area contributed by atoms with Gasteiger partial charge in [-0.05, 0) is 32.0 Å². The van der Waals surface area contributed by atoms with Gasteiger partial charge in [-0.3, -0.25) is 4.79 Å². The molecule has 0 saturated carbocycles. The van der Waals surface area contributed by atoms with E-state index in [-0.39, 0.29) is 17.5 Å². The van der Waals surface area contributed by atoms with Gasteiger partial charge in [0.2, 0.25) is 5.56 Å². The minimum Gasteiger partial charge on any atom is -0.493 e. The van der Waals surface area contributed by atoms with E-state index in [2.05, 4.69) is 22.6 Å². The summed E-state index contributed by atoms with van der Waals surface area (Å²) in [6, 6.07) is 6.66. The zero-order valence-electron chi connectivity index (χ0n) is 15.8. The summed E-state index contributed by atoms with van der Waals surface area (Å²) in [5.74, 6) is -0.161. The topological polar surface area (TPSA) is 90.9 Å². The summed E-state index contributed by atoms with van der Waals surface area (Å²) >= 11 is 5.65. The molecule has 1 amide bonds. The first-order valence-corrected chi connectivity index (χ1v) is 10.0. The van der Waals surface area contributed by atoms with Crippen LogP contribution >= 0.6 is 24.0 Å². The van der Waals surface area contributed by atoms with Gasteiger partial charge in [-0.2, -0.15) is 0 Å². The Morgan fingerprint density at radius 1 is 1.34 bits per heavy atom. The molecule has 0 N–H and O–H groups in total. The van der Waals surface area contributed by atoms with Crippen molar-refractivity contribution in [2.24, 2.45) is 0 Å². The predicted molar refractivity (Wildman–Crippen MR) is 111 cm³/mol. The summed E-state index contributed by atoms with van der Waals surface area (Å²) in [7, 11) is 1.48. The van der Waals surface area contributed by atoms with Crippen LogP contribution in [0.3, 0.4) is 0 Å². The van der Waals surface area contributed by atoms with Crippen molar-refractivity contribution in [1.29, 1.82) is 0 Å². The van der Waals surface area contributed by atoms with Crippen molar-refractivity contribution >= 4 is 51.2 Å². The zero-order chi connectivity index (χ0) is 20.7. The first-order valence-electron chi connectivity index (χ1n) is 8.72. The second kappa shape index (κ2) is 7.53. The van der Waals surface area contributed by atoms with Gasteiger partial charge in [-0.25, -0.2) is 19.7 Å². The molecule has 4 rings (SSSR count). The molecule has 0 fully saturated rings. The summed E-state index contributed by atoms with van der Waals surface area (Å²) in [5.41, 5.74) is 0.278. The third kappa shape index (κ3) is 3.49. The maximum Gasteiger partial charge on any atom is 0.338 e. The van der Waals surface area contributed by atoms with Gasteiger partial charge >= 0.3 is 5.97 Å². The van der Waals surface area contributed by atoms with Crippen molar-refractivity contribution in [3.8, 4) is 11.5 Å². The lowest BCUT2D eigenvalue weighted by Crippen LogP contribution is -2.45. The lowest BCUT2D eigenvalue weighted by atomic mass is 10.2. The first-order chi connectivity index (χ1) is 13.9. The fourth-order valence-electron chi connectivity index (χ4n) is 2.84. The van der Waals surface area contributed by atoms with E-state index >= 15 is 0 Å². The number of thiol groups is 1. The second-order valence-corrected chi connectivity index (χ2v) is 7.89. The molecule has 8 nitrogen and oxygen atoms in total. The third-order valence-corrected chi connectivity index (χ3v) is 5.47. The molecule has 0 spiro atoms. The number of fused-ring (bicyclic) bond motifs is 2. The Bertz CT molecular complexity index is 1110. The third-order valence-electron chi connectivity index (χ3n) is 4.12. The largest absolute Gasteiger partial charge is 0.493 e. The number of hydrogen-bond donors (Lipinski definition) is 1. The summed E-state index contributed by atoms with van der Waals surface area (Å²) in [6.07, 6.45) is 1.26. The number of carbonyl (C=O) groups excluding carboxylic acids is 2. The van der Waals surface area contributed by atoms with Crippen LogP contribution in [0.4, 0.5) is 5.13 Å². The zero-order valence-corrected chi connectivity index (χ0v) is 17.5. The number of pyridine rings is 1. The number of rotatable bonds is 4. The number of methoxy groups -OCH3 is 1. The van der Waals surface area contributed by atoms with E-state index < -0.39 is 17.4 Å². The number of hydrogen-bond acceptors (Lipinski definition) is 9. The van der Waals surface area contributed by atoms with E-state index in [1.54, 1.807) is 38.1 Å². The van der Waals surface area contributed by atoms with Crippen molar-refractivity contribution in [3.05, 3.63) is 41.7 Å². The normalized spacial score (nSPS) is 16.0. The summed E-state index contributed by atoms with van der Waals surface area (Å²) in [6.45, 7) is 3.58. The van der Waals surface area contributed by atoms with Gasteiger partial charge in [-0.15, -0.1) is 12.6 Å². The Morgan fingerprint density at radius 3 is 2.86 bits per heavy atom. The number of amides is 1. The molecule has 1 atom stereocenters. The van der Waals surface area contributed by atoms with Gasteiger partial charge in [-0.1, -0.05) is 11.3 Å². The molecular formula is C19H17N3O5S2. The van der Waals surface area contributed by atoms with E-state index in [0.29, 0.717) is 22.0 Å². The highest BCUT2D eigenvalue weighted by Crippen LogP contribution is 2.40. The van der Waals surface area contributed by atoms with Crippen LogP contribution in [-0.2, 0) is 4.74 Å². The van der Waals surface area contributed by atoms with E-state index in [1.165, 1.54) is 29.5 Å². The highest BCUT2D eigenvalue weighted by molar-refractivity contribution is 7.81. The van der Waals surface area contributed by atoms with Crippen LogP contribution < -0.4 is 14.4 Å². The standard InChI is InChI=1S/C19H17N3O5S2/c1-9(2)26-17(24)10-4-5-11-13(8-10)29-18(21-11)22-16(23)14-15(27-19(22)28)12(25-3)6-7-20-14/h4-9,19,28H,1-3H3. The maximum absolute atomic E-state index is 13.0. The van der Waals surface area contributed by atoms with Crippen molar-refractivity contribution in [1.82, 2.24) is 9.97 Å². The number of ether oxygens (including phenoxy) is 3. The SMILES string of the molecule is COc1ccnc2c1OC(S)N(c1nc3ccc(C(=O)OC(C)C)cc3s1)C2=O. The molecule has 2 aromatic heterocycles. The molecule has 1 aliphatic heterocycles. The molecule has 0 radical (unpaired) electrons. The molecule has 1 aromatic carbocycles. The van der Waals surface area contributed by atoms with Crippen molar-refractivity contribution < 1.29 is 23.8 Å². The van der Waals surface area contributed by atoms with Crippen molar-refractivity contribution in [2.75, 3.05) is 12.0 Å². The molecule has 29 heavy (non-hydrogen) atoms. The minimum absolute atomic E-state index is 0.120. The Morgan fingerprint density at radius 2 is 2.14 bits per heavy atom. The van der Waals surface area contributed by atoms with Gasteiger partial charge in [0.15, 0.2) is 22.3 Å². The molecular weight excluding hydrogens is 414 g/mol. The summed E-state index contributed by atoms with van der Waals surface area (Å²) < 4.78 is 17.0. The highest BCUT2D eigenvalue weighted by Gasteiger charge is 2.37. The summed E-state index contributed by atoms with van der Waals surface area (Å²) in [5, 5.41) is 0.384. The minimum atomic E-state index is -0.904. The molecule has 3 aromatic rings. The molecule has 10 heteroatoms. The van der Waals surface area contributed by atoms with Crippen LogP contribution in [0.5, 0.6) is 11.5 Å². The Kier molecular flexibility index (Phi) is 5.05. The van der Waals surface area contributed by atoms with Crippen molar-refractivity contribution in [2.45, 2.75) is 25.5 Å². The molecule has 1 unspecified atom stereocenters. The molecule has 0 bridgehead atoms. The van der Waals surface area contributed by atoms with E-state index in [0.717, 1.165) is 4.70 Å². The summed E-state index contributed by atoms with van der Waals surface area (Å²) in [4.78, 5) is 35.1. The van der Waals surface area contributed by atoms with Crippen LogP contribution in [0.2, 0.25) is 0 Å². The second-order valence-electron chi connectivity index (χ2n) is 6.44. The Hall–Kier alpha value is -2.85. The fourth-order valence-corrected chi connectivity index (χ4v) is 4.26. The average Bonchev–Trinajstić information content (AvgIpc) is 3.09. The number of nitrogens with zero attached hydrogens (tertiary/aromatic N) is 3.